The largest absolute Gasteiger partial charge is 0.379 e. The second-order valence-corrected chi connectivity index (χ2v) is 3.94. The summed E-state index contributed by atoms with van der Waals surface area (Å²) in [7, 11) is 1.67. The fraction of sp³-hybridized carbons (Fsp3) is 0.600. The number of imide groups is 1. The van der Waals surface area contributed by atoms with Crippen molar-refractivity contribution < 1.29 is 9.59 Å². The second-order valence-electron chi connectivity index (χ2n) is 3.94. The lowest BCUT2D eigenvalue weighted by molar-refractivity contribution is -0.124. The number of hydrogen-bond donors (Lipinski definition) is 1. The van der Waals surface area contributed by atoms with Crippen LogP contribution in [0.15, 0.2) is 12.3 Å². The zero-order valence-electron chi connectivity index (χ0n) is 9.41. The number of carbonyl (C=O) groups is 2. The molecule has 0 spiro atoms. The molecule has 0 unspecified atom stereocenters. The molecule has 0 saturated carbocycles. The lowest BCUT2D eigenvalue weighted by Gasteiger charge is -2.18. The van der Waals surface area contributed by atoms with Crippen LogP contribution < -0.4 is 5.32 Å². The third-order valence-corrected chi connectivity index (χ3v) is 2.18. The topological polar surface area (TPSA) is 52.7 Å². The molecular formula is C10H17N3O2. The summed E-state index contributed by atoms with van der Waals surface area (Å²) in [6.45, 7) is 8.47. The molecule has 1 saturated heterocycles. The van der Waals surface area contributed by atoms with Gasteiger partial charge in [-0.2, -0.15) is 0 Å². The van der Waals surface area contributed by atoms with Crippen LogP contribution in [0.4, 0.5) is 4.79 Å². The van der Waals surface area contributed by atoms with E-state index in [9.17, 15) is 9.59 Å². The van der Waals surface area contributed by atoms with E-state index in [4.69, 9.17) is 0 Å². The van der Waals surface area contributed by atoms with Gasteiger partial charge in [0.2, 0.25) is 0 Å². The van der Waals surface area contributed by atoms with Crippen molar-refractivity contribution in [2.24, 2.45) is 0 Å². The maximum absolute atomic E-state index is 11.8. The molecular weight excluding hydrogens is 194 g/mol. The monoisotopic (exact) mass is 211 g/mol. The Hall–Kier alpha value is -1.52. The summed E-state index contributed by atoms with van der Waals surface area (Å²) in [4.78, 5) is 26.0. The summed E-state index contributed by atoms with van der Waals surface area (Å²) in [5.74, 6) is -0.335. The van der Waals surface area contributed by atoms with Gasteiger partial charge in [-0.1, -0.05) is 6.58 Å². The normalized spacial score (nSPS) is 16.1. The SMILES string of the molecule is C=C(NC(C)C)C(=O)N1CCN(C)C1=O. The highest BCUT2D eigenvalue weighted by molar-refractivity contribution is 6.03. The molecule has 1 aliphatic rings. The minimum Gasteiger partial charge on any atom is -0.379 e. The van der Waals surface area contributed by atoms with Gasteiger partial charge in [0.15, 0.2) is 0 Å². The van der Waals surface area contributed by atoms with Crippen molar-refractivity contribution in [1.29, 1.82) is 0 Å². The first-order chi connectivity index (χ1) is 6.93. The average Bonchev–Trinajstić information content (AvgIpc) is 2.45. The summed E-state index contributed by atoms with van der Waals surface area (Å²) in [5, 5.41) is 2.90. The van der Waals surface area contributed by atoms with E-state index in [1.807, 2.05) is 13.8 Å². The lowest BCUT2D eigenvalue weighted by Crippen LogP contribution is -2.40. The van der Waals surface area contributed by atoms with Crippen molar-refractivity contribution in [3.63, 3.8) is 0 Å². The molecule has 0 atom stereocenters. The number of urea groups is 1. The van der Waals surface area contributed by atoms with Crippen LogP contribution in [0, 0.1) is 0 Å². The molecule has 15 heavy (non-hydrogen) atoms. The minimum absolute atomic E-state index is 0.136. The molecule has 1 N–H and O–H groups in total. The van der Waals surface area contributed by atoms with Crippen molar-refractivity contribution in [3.8, 4) is 0 Å². The van der Waals surface area contributed by atoms with Gasteiger partial charge in [-0.15, -0.1) is 0 Å². The van der Waals surface area contributed by atoms with E-state index >= 15 is 0 Å². The van der Waals surface area contributed by atoms with Crippen LogP contribution in [-0.4, -0.2) is 47.9 Å². The number of nitrogens with zero attached hydrogens (tertiary/aromatic N) is 2. The molecule has 1 aliphatic heterocycles. The van der Waals surface area contributed by atoms with Crippen molar-refractivity contribution in [1.82, 2.24) is 15.1 Å². The molecule has 0 aromatic heterocycles. The highest BCUT2D eigenvalue weighted by Gasteiger charge is 2.31. The Labute approximate surface area is 89.7 Å². The van der Waals surface area contributed by atoms with Crippen LogP contribution in [0.3, 0.4) is 0 Å². The van der Waals surface area contributed by atoms with Gasteiger partial charge < -0.3 is 10.2 Å². The van der Waals surface area contributed by atoms with Gasteiger partial charge in [0.1, 0.15) is 0 Å². The Morgan fingerprint density at radius 2 is 2.07 bits per heavy atom. The van der Waals surface area contributed by atoms with E-state index in [1.165, 1.54) is 9.80 Å². The first-order valence-corrected chi connectivity index (χ1v) is 4.96. The summed E-state index contributed by atoms with van der Waals surface area (Å²) < 4.78 is 0. The first-order valence-electron chi connectivity index (χ1n) is 4.96. The standard InChI is InChI=1S/C10H17N3O2/c1-7(2)11-8(3)9(14)13-6-5-12(4)10(13)15/h7,11H,3,5-6H2,1-2,4H3. The van der Waals surface area contributed by atoms with Crippen LogP contribution in [0.25, 0.3) is 0 Å². The number of nitrogens with one attached hydrogen (secondary N) is 1. The predicted octanol–water partition coefficient (Wildman–Crippen LogP) is 0.392. The molecule has 5 nitrogen and oxygen atoms in total. The number of rotatable bonds is 3. The van der Waals surface area contributed by atoms with E-state index in [0.29, 0.717) is 13.1 Å². The maximum Gasteiger partial charge on any atom is 0.326 e. The molecule has 1 rings (SSSR count). The Bertz CT molecular complexity index is 299. The lowest BCUT2D eigenvalue weighted by atomic mass is 10.3. The number of likely N-dealkylation sites (N-methyl/N-ethyl adjacent to an activating group) is 1. The van der Waals surface area contributed by atoms with Gasteiger partial charge in [0.25, 0.3) is 5.91 Å². The average molecular weight is 211 g/mol. The van der Waals surface area contributed by atoms with E-state index in [-0.39, 0.29) is 23.7 Å². The quantitative estimate of drug-likeness (QED) is 0.687. The second kappa shape index (κ2) is 4.33. The third kappa shape index (κ3) is 2.49. The zero-order valence-corrected chi connectivity index (χ0v) is 9.41. The molecule has 3 amide bonds. The smallest absolute Gasteiger partial charge is 0.326 e. The van der Waals surface area contributed by atoms with Gasteiger partial charge in [-0.3, -0.25) is 9.69 Å². The molecule has 1 heterocycles. The molecule has 0 radical (unpaired) electrons. The van der Waals surface area contributed by atoms with Crippen LogP contribution in [0.5, 0.6) is 0 Å². The van der Waals surface area contributed by atoms with Crippen molar-refractivity contribution in [2.75, 3.05) is 20.1 Å². The van der Waals surface area contributed by atoms with Crippen molar-refractivity contribution in [2.45, 2.75) is 19.9 Å². The molecule has 0 aromatic rings. The Morgan fingerprint density at radius 1 is 1.47 bits per heavy atom. The Balaban J connectivity index is 2.61. The van der Waals surface area contributed by atoms with Gasteiger partial charge in [-0.05, 0) is 13.8 Å². The Morgan fingerprint density at radius 3 is 2.47 bits per heavy atom. The third-order valence-electron chi connectivity index (χ3n) is 2.18. The highest BCUT2D eigenvalue weighted by Crippen LogP contribution is 2.09. The number of hydrogen-bond acceptors (Lipinski definition) is 3. The fourth-order valence-corrected chi connectivity index (χ4v) is 1.41. The van der Waals surface area contributed by atoms with Gasteiger partial charge in [0.05, 0.1) is 5.70 Å². The summed E-state index contributed by atoms with van der Waals surface area (Å²) in [5.41, 5.74) is 0.272. The predicted molar refractivity (Wildman–Crippen MR) is 57.2 cm³/mol. The number of carbonyl (C=O) groups excluding carboxylic acids is 2. The molecule has 0 bridgehead atoms. The summed E-state index contributed by atoms with van der Waals surface area (Å²) >= 11 is 0. The summed E-state index contributed by atoms with van der Waals surface area (Å²) in [6.07, 6.45) is 0. The highest BCUT2D eigenvalue weighted by atomic mass is 16.2. The summed E-state index contributed by atoms with van der Waals surface area (Å²) in [6, 6.07) is -0.122. The van der Waals surface area contributed by atoms with Crippen LogP contribution >= 0.6 is 0 Å². The molecule has 5 heteroatoms. The number of amides is 3. The fourth-order valence-electron chi connectivity index (χ4n) is 1.41. The molecule has 0 aromatic carbocycles. The van der Waals surface area contributed by atoms with E-state index in [1.54, 1.807) is 7.05 Å². The van der Waals surface area contributed by atoms with Crippen LogP contribution in [0.1, 0.15) is 13.8 Å². The van der Waals surface area contributed by atoms with Crippen molar-refractivity contribution >= 4 is 11.9 Å². The van der Waals surface area contributed by atoms with Gasteiger partial charge in [-0.25, -0.2) is 4.79 Å². The van der Waals surface area contributed by atoms with E-state index in [0.717, 1.165) is 0 Å². The minimum atomic E-state index is -0.335. The van der Waals surface area contributed by atoms with Gasteiger partial charge in [0, 0.05) is 26.2 Å². The molecule has 0 aliphatic carbocycles. The van der Waals surface area contributed by atoms with E-state index in [2.05, 4.69) is 11.9 Å². The van der Waals surface area contributed by atoms with Crippen LogP contribution in [-0.2, 0) is 4.79 Å². The zero-order chi connectivity index (χ0) is 11.6. The van der Waals surface area contributed by atoms with E-state index < -0.39 is 0 Å². The molecule has 1 fully saturated rings. The first kappa shape index (κ1) is 11.6. The van der Waals surface area contributed by atoms with Gasteiger partial charge >= 0.3 is 6.03 Å². The molecule has 84 valence electrons. The Kier molecular flexibility index (Phi) is 3.34. The maximum atomic E-state index is 11.8. The van der Waals surface area contributed by atoms with Crippen LogP contribution in [0.2, 0.25) is 0 Å². The van der Waals surface area contributed by atoms with Crippen molar-refractivity contribution in [3.05, 3.63) is 12.3 Å².